The fraction of sp³-hybridized carbons (Fsp3) is 0.667. The Kier molecular flexibility index (Phi) is 7.60. The lowest BCUT2D eigenvalue weighted by Crippen LogP contribution is -2.48. The Morgan fingerprint density at radius 3 is 2.76 bits per heavy atom. The molecular weight excluding hydrogens is 402 g/mol. The van der Waals surface area contributed by atoms with Crippen LogP contribution in [-0.4, -0.2) is 62.4 Å². The maximum absolute atomic E-state index is 12.9. The molecule has 2 atom stereocenters. The van der Waals surface area contributed by atoms with E-state index < -0.39 is 10.0 Å². The first-order valence-electron chi connectivity index (χ1n) is 8.17. The predicted octanol–water partition coefficient (Wildman–Crippen LogP) is 1.64. The highest BCUT2D eigenvalue weighted by molar-refractivity contribution is 7.99. The van der Waals surface area contributed by atoms with E-state index in [1.165, 1.54) is 15.6 Å². The van der Waals surface area contributed by atoms with Crippen molar-refractivity contribution >= 4 is 51.4 Å². The van der Waals surface area contributed by atoms with Gasteiger partial charge in [0.1, 0.15) is 9.77 Å². The molecule has 0 radical (unpaired) electrons. The maximum Gasteiger partial charge on any atom is 0.262 e. The second kappa shape index (κ2) is 9.05. The molecule has 0 spiro atoms. The second-order valence-corrected chi connectivity index (χ2v) is 10.2. The normalized spacial score (nSPS) is 25.2. The van der Waals surface area contributed by atoms with Gasteiger partial charge in [0.25, 0.3) is 5.91 Å². The van der Waals surface area contributed by atoms with Gasteiger partial charge in [-0.1, -0.05) is 6.92 Å². The predicted molar refractivity (Wildman–Crippen MR) is 106 cm³/mol. The van der Waals surface area contributed by atoms with Crippen LogP contribution in [0.25, 0.3) is 0 Å². The number of carbonyl (C=O) groups excluding carboxylic acids is 1. The SMILES string of the molecule is CC1CNCCC1NC(=O)c1sccc1S(=O)(=O)N1CCSCC1.Cl. The molecule has 1 aromatic rings. The summed E-state index contributed by atoms with van der Waals surface area (Å²) in [5.41, 5.74) is 0. The molecule has 2 aliphatic heterocycles. The Morgan fingerprint density at radius 2 is 2.08 bits per heavy atom. The van der Waals surface area contributed by atoms with Crippen LogP contribution < -0.4 is 10.6 Å². The molecular formula is C15H24ClN3O3S3. The largest absolute Gasteiger partial charge is 0.348 e. The van der Waals surface area contributed by atoms with Gasteiger partial charge in [0.15, 0.2) is 0 Å². The van der Waals surface area contributed by atoms with E-state index in [4.69, 9.17) is 0 Å². The lowest BCUT2D eigenvalue weighted by atomic mass is 9.95. The Hall–Kier alpha value is -0.320. The van der Waals surface area contributed by atoms with Crippen molar-refractivity contribution in [1.82, 2.24) is 14.9 Å². The number of hydrogen-bond donors (Lipinski definition) is 2. The minimum atomic E-state index is -3.59. The fourth-order valence-corrected chi connectivity index (χ4v) is 6.93. The average Bonchev–Trinajstić information content (AvgIpc) is 3.08. The average molecular weight is 426 g/mol. The van der Waals surface area contributed by atoms with Gasteiger partial charge in [0.2, 0.25) is 10.0 Å². The Labute approximate surface area is 163 Å². The molecule has 0 bridgehead atoms. The molecule has 2 saturated heterocycles. The van der Waals surface area contributed by atoms with E-state index >= 15 is 0 Å². The first-order chi connectivity index (χ1) is 11.5. The molecule has 2 N–H and O–H groups in total. The van der Waals surface area contributed by atoms with Crippen LogP contribution in [0.15, 0.2) is 16.3 Å². The number of halogens is 1. The summed E-state index contributed by atoms with van der Waals surface area (Å²) < 4.78 is 27.2. The zero-order valence-electron chi connectivity index (χ0n) is 14.1. The number of nitrogens with zero attached hydrogens (tertiary/aromatic N) is 1. The fourth-order valence-electron chi connectivity index (χ4n) is 3.05. The zero-order valence-corrected chi connectivity index (χ0v) is 17.3. The second-order valence-electron chi connectivity index (χ2n) is 6.18. The van der Waals surface area contributed by atoms with Crippen molar-refractivity contribution in [3.05, 3.63) is 16.3 Å². The van der Waals surface area contributed by atoms with Crippen molar-refractivity contribution in [2.45, 2.75) is 24.3 Å². The Morgan fingerprint density at radius 1 is 1.36 bits per heavy atom. The van der Waals surface area contributed by atoms with E-state index in [2.05, 4.69) is 17.6 Å². The van der Waals surface area contributed by atoms with E-state index in [0.717, 1.165) is 31.0 Å². The molecule has 2 aliphatic rings. The molecule has 142 valence electrons. The highest BCUT2D eigenvalue weighted by Crippen LogP contribution is 2.27. The summed E-state index contributed by atoms with van der Waals surface area (Å²) >= 11 is 2.96. The van der Waals surface area contributed by atoms with E-state index in [1.54, 1.807) is 23.2 Å². The zero-order chi connectivity index (χ0) is 17.2. The molecule has 0 aliphatic carbocycles. The smallest absolute Gasteiger partial charge is 0.262 e. The van der Waals surface area contributed by atoms with E-state index in [1.807, 2.05) is 0 Å². The van der Waals surface area contributed by atoms with Crippen LogP contribution in [0.3, 0.4) is 0 Å². The first kappa shape index (κ1) is 21.0. The van der Waals surface area contributed by atoms with Crippen LogP contribution in [0.4, 0.5) is 0 Å². The molecule has 10 heteroatoms. The number of amides is 1. The van der Waals surface area contributed by atoms with Crippen LogP contribution in [0.5, 0.6) is 0 Å². The van der Waals surface area contributed by atoms with Crippen molar-refractivity contribution < 1.29 is 13.2 Å². The molecule has 2 unspecified atom stereocenters. The quantitative estimate of drug-likeness (QED) is 0.766. The van der Waals surface area contributed by atoms with E-state index in [0.29, 0.717) is 23.9 Å². The van der Waals surface area contributed by atoms with Crippen LogP contribution in [-0.2, 0) is 10.0 Å². The number of carbonyl (C=O) groups is 1. The molecule has 1 amide bonds. The van der Waals surface area contributed by atoms with Crippen molar-refractivity contribution in [2.24, 2.45) is 5.92 Å². The summed E-state index contributed by atoms with van der Waals surface area (Å²) in [5, 5.41) is 8.02. The summed E-state index contributed by atoms with van der Waals surface area (Å²) in [4.78, 5) is 13.1. The minimum absolute atomic E-state index is 0. The minimum Gasteiger partial charge on any atom is -0.348 e. The highest BCUT2D eigenvalue weighted by Gasteiger charge is 2.32. The van der Waals surface area contributed by atoms with Crippen LogP contribution >= 0.6 is 35.5 Å². The van der Waals surface area contributed by atoms with Crippen LogP contribution in [0.2, 0.25) is 0 Å². The molecule has 3 rings (SSSR count). The lowest BCUT2D eigenvalue weighted by Gasteiger charge is -2.30. The molecule has 2 fully saturated rings. The summed E-state index contributed by atoms with van der Waals surface area (Å²) in [6.07, 6.45) is 0.865. The monoisotopic (exact) mass is 425 g/mol. The van der Waals surface area contributed by atoms with Crippen molar-refractivity contribution in [3.63, 3.8) is 0 Å². The standard InChI is InChI=1S/C15H23N3O3S3.ClH/c1-11-10-16-4-2-12(11)17-15(19)14-13(3-7-23-14)24(20,21)18-5-8-22-9-6-18;/h3,7,11-12,16H,2,4-6,8-10H2,1H3,(H,17,19);1H. The summed E-state index contributed by atoms with van der Waals surface area (Å²) in [5.74, 6) is 1.67. The molecule has 25 heavy (non-hydrogen) atoms. The number of thiophene rings is 1. The number of nitrogens with one attached hydrogen (secondary N) is 2. The third kappa shape index (κ3) is 4.70. The molecule has 6 nitrogen and oxygen atoms in total. The topological polar surface area (TPSA) is 78.5 Å². The Balaban J connectivity index is 0.00000225. The number of hydrogen-bond acceptors (Lipinski definition) is 6. The van der Waals surface area contributed by atoms with Gasteiger partial charge in [0.05, 0.1) is 0 Å². The van der Waals surface area contributed by atoms with E-state index in [-0.39, 0.29) is 29.3 Å². The van der Waals surface area contributed by atoms with Gasteiger partial charge in [-0.25, -0.2) is 8.42 Å². The van der Waals surface area contributed by atoms with Gasteiger partial charge in [-0.15, -0.1) is 23.7 Å². The van der Waals surface area contributed by atoms with Gasteiger partial charge in [0, 0.05) is 30.6 Å². The highest BCUT2D eigenvalue weighted by atomic mass is 35.5. The maximum atomic E-state index is 12.9. The van der Waals surface area contributed by atoms with Crippen molar-refractivity contribution in [3.8, 4) is 0 Å². The molecule has 0 saturated carbocycles. The molecule has 0 aromatic carbocycles. The van der Waals surface area contributed by atoms with Gasteiger partial charge < -0.3 is 10.6 Å². The summed E-state index contributed by atoms with van der Waals surface area (Å²) in [7, 11) is -3.59. The van der Waals surface area contributed by atoms with Crippen LogP contribution in [0, 0.1) is 5.92 Å². The van der Waals surface area contributed by atoms with Gasteiger partial charge in [-0.3, -0.25) is 4.79 Å². The number of thioether (sulfide) groups is 1. The Bertz CT molecular complexity index is 689. The van der Waals surface area contributed by atoms with Crippen LogP contribution in [0.1, 0.15) is 23.0 Å². The molecule has 1 aromatic heterocycles. The first-order valence-corrected chi connectivity index (χ1v) is 11.6. The third-order valence-electron chi connectivity index (χ3n) is 4.53. The number of sulfonamides is 1. The van der Waals surface area contributed by atoms with Gasteiger partial charge >= 0.3 is 0 Å². The van der Waals surface area contributed by atoms with E-state index in [9.17, 15) is 13.2 Å². The molecule has 3 heterocycles. The number of piperidine rings is 1. The summed E-state index contributed by atoms with van der Waals surface area (Å²) in [6, 6.07) is 1.64. The van der Waals surface area contributed by atoms with Crippen molar-refractivity contribution in [2.75, 3.05) is 37.7 Å². The number of rotatable bonds is 4. The van der Waals surface area contributed by atoms with Gasteiger partial charge in [-0.05, 0) is 36.9 Å². The summed E-state index contributed by atoms with van der Waals surface area (Å²) in [6.45, 7) is 4.85. The lowest BCUT2D eigenvalue weighted by molar-refractivity contribution is 0.0915. The third-order valence-corrected chi connectivity index (χ3v) is 8.45. The van der Waals surface area contributed by atoms with Crippen molar-refractivity contribution in [1.29, 1.82) is 0 Å². The van der Waals surface area contributed by atoms with Gasteiger partial charge in [-0.2, -0.15) is 16.1 Å².